The third kappa shape index (κ3) is 2.32. The summed E-state index contributed by atoms with van der Waals surface area (Å²) in [5.41, 5.74) is 2.43. The lowest BCUT2D eigenvalue weighted by Gasteiger charge is -2.43. The Kier molecular flexibility index (Phi) is 3.72. The number of benzene rings is 1. The first-order valence-electron chi connectivity index (χ1n) is 7.34. The molecule has 1 aromatic heterocycles. The van der Waals surface area contributed by atoms with Gasteiger partial charge in [-0.15, -0.1) is 0 Å². The molecule has 0 bridgehead atoms. The predicted molar refractivity (Wildman–Crippen MR) is 81.8 cm³/mol. The second-order valence-electron chi connectivity index (χ2n) is 5.71. The first-order chi connectivity index (χ1) is 9.78. The van der Waals surface area contributed by atoms with Gasteiger partial charge in [-0.1, -0.05) is 24.3 Å². The van der Waals surface area contributed by atoms with Crippen molar-refractivity contribution in [3.63, 3.8) is 0 Å². The fourth-order valence-corrected chi connectivity index (χ4v) is 3.21. The number of ether oxygens (including phenoxy) is 1. The number of hydrogen-bond acceptors (Lipinski definition) is 3. The number of nitrogens with zero attached hydrogens (tertiary/aromatic N) is 1. The van der Waals surface area contributed by atoms with Gasteiger partial charge in [-0.2, -0.15) is 0 Å². The van der Waals surface area contributed by atoms with E-state index in [0.29, 0.717) is 0 Å². The standard InChI is InChI=1S/C17H22N2O/c1-18-15(12-17(20-2)9-5-10-17)14-8-3-6-13-7-4-11-19-16(13)14/h3-4,6-8,11,15,18H,5,9-10,12H2,1-2H3. The highest BCUT2D eigenvalue weighted by Crippen LogP contribution is 2.42. The number of hydrogen-bond donors (Lipinski definition) is 1. The highest BCUT2D eigenvalue weighted by atomic mass is 16.5. The van der Waals surface area contributed by atoms with Gasteiger partial charge in [-0.25, -0.2) is 0 Å². The van der Waals surface area contributed by atoms with Crippen LogP contribution in [-0.4, -0.2) is 24.7 Å². The number of fused-ring (bicyclic) bond motifs is 1. The minimum absolute atomic E-state index is 0.0601. The number of aromatic nitrogens is 1. The molecule has 0 radical (unpaired) electrons. The molecule has 3 nitrogen and oxygen atoms in total. The Balaban J connectivity index is 1.95. The monoisotopic (exact) mass is 270 g/mol. The van der Waals surface area contributed by atoms with Crippen LogP contribution in [0.1, 0.15) is 37.3 Å². The summed E-state index contributed by atoms with van der Waals surface area (Å²) in [6.07, 6.45) is 6.49. The quantitative estimate of drug-likeness (QED) is 0.903. The maximum Gasteiger partial charge on any atom is 0.0749 e. The largest absolute Gasteiger partial charge is 0.378 e. The summed E-state index contributed by atoms with van der Waals surface area (Å²) in [6.45, 7) is 0. The third-order valence-corrected chi connectivity index (χ3v) is 4.66. The minimum atomic E-state index is 0.0601. The first kappa shape index (κ1) is 13.5. The second kappa shape index (κ2) is 5.51. The fourth-order valence-electron chi connectivity index (χ4n) is 3.21. The van der Waals surface area contributed by atoms with Gasteiger partial charge < -0.3 is 10.1 Å². The molecule has 1 atom stereocenters. The molecule has 1 saturated carbocycles. The van der Waals surface area contributed by atoms with Gasteiger partial charge in [0.25, 0.3) is 0 Å². The van der Waals surface area contributed by atoms with Crippen molar-refractivity contribution in [2.45, 2.75) is 37.3 Å². The number of rotatable bonds is 5. The fraction of sp³-hybridized carbons (Fsp3) is 0.471. The summed E-state index contributed by atoms with van der Waals surface area (Å²) in [6, 6.07) is 10.8. The Bertz CT molecular complexity index is 582. The number of pyridine rings is 1. The van der Waals surface area contributed by atoms with Crippen molar-refractivity contribution >= 4 is 10.9 Å². The number of nitrogens with one attached hydrogen (secondary N) is 1. The molecule has 3 rings (SSSR count). The molecule has 20 heavy (non-hydrogen) atoms. The number of para-hydroxylation sites is 1. The molecule has 1 unspecified atom stereocenters. The topological polar surface area (TPSA) is 34.1 Å². The van der Waals surface area contributed by atoms with Crippen LogP contribution in [0, 0.1) is 0 Å². The van der Waals surface area contributed by atoms with Crippen molar-refractivity contribution in [3.8, 4) is 0 Å². The molecule has 1 fully saturated rings. The minimum Gasteiger partial charge on any atom is -0.378 e. The van der Waals surface area contributed by atoms with Crippen LogP contribution < -0.4 is 5.32 Å². The SMILES string of the molecule is CNC(CC1(OC)CCC1)c1cccc2cccnc12. The van der Waals surface area contributed by atoms with Crippen LogP contribution in [0.3, 0.4) is 0 Å². The molecule has 0 aliphatic heterocycles. The molecular weight excluding hydrogens is 248 g/mol. The summed E-state index contributed by atoms with van der Waals surface area (Å²) >= 11 is 0. The molecule has 0 spiro atoms. The summed E-state index contributed by atoms with van der Waals surface area (Å²) in [5, 5.41) is 4.65. The Morgan fingerprint density at radius 3 is 2.75 bits per heavy atom. The number of methoxy groups -OCH3 is 1. The zero-order valence-corrected chi connectivity index (χ0v) is 12.2. The van der Waals surface area contributed by atoms with Crippen LogP contribution in [0.5, 0.6) is 0 Å². The third-order valence-electron chi connectivity index (χ3n) is 4.66. The molecule has 3 heteroatoms. The molecule has 1 aliphatic rings. The summed E-state index contributed by atoms with van der Waals surface area (Å²) in [5.74, 6) is 0. The van der Waals surface area contributed by atoms with E-state index in [1.807, 2.05) is 26.4 Å². The van der Waals surface area contributed by atoms with Gasteiger partial charge in [0.15, 0.2) is 0 Å². The molecule has 0 saturated heterocycles. The van der Waals surface area contributed by atoms with Crippen LogP contribution in [0.15, 0.2) is 36.5 Å². The van der Waals surface area contributed by atoms with E-state index in [4.69, 9.17) is 4.74 Å². The summed E-state index contributed by atoms with van der Waals surface area (Å²) in [7, 11) is 3.86. The lowest BCUT2D eigenvalue weighted by molar-refractivity contribution is -0.0833. The lowest BCUT2D eigenvalue weighted by Crippen LogP contribution is -2.42. The van der Waals surface area contributed by atoms with Crippen LogP contribution in [0.2, 0.25) is 0 Å². The maximum absolute atomic E-state index is 5.78. The molecule has 1 aliphatic carbocycles. The Hall–Kier alpha value is -1.45. The van der Waals surface area contributed by atoms with Crippen LogP contribution in [-0.2, 0) is 4.74 Å². The van der Waals surface area contributed by atoms with Gasteiger partial charge in [0.1, 0.15) is 0 Å². The van der Waals surface area contributed by atoms with Crippen LogP contribution in [0.4, 0.5) is 0 Å². The normalized spacial score (nSPS) is 18.7. The van der Waals surface area contributed by atoms with Crippen LogP contribution >= 0.6 is 0 Å². The van der Waals surface area contributed by atoms with E-state index in [2.05, 4.69) is 34.6 Å². The molecule has 1 N–H and O–H groups in total. The predicted octanol–water partition coefficient (Wildman–Crippen LogP) is 3.45. The molecule has 106 valence electrons. The summed E-state index contributed by atoms with van der Waals surface area (Å²) in [4.78, 5) is 4.57. The highest BCUT2D eigenvalue weighted by Gasteiger charge is 2.39. The Labute approximate surface area is 120 Å². The van der Waals surface area contributed by atoms with E-state index in [1.54, 1.807) is 0 Å². The zero-order valence-electron chi connectivity index (χ0n) is 12.2. The van der Waals surface area contributed by atoms with Crippen molar-refractivity contribution in [3.05, 3.63) is 42.1 Å². The Morgan fingerprint density at radius 1 is 1.30 bits per heavy atom. The van der Waals surface area contributed by atoms with Gasteiger partial charge in [0.05, 0.1) is 11.1 Å². The van der Waals surface area contributed by atoms with E-state index in [-0.39, 0.29) is 11.6 Å². The smallest absolute Gasteiger partial charge is 0.0749 e. The maximum atomic E-state index is 5.78. The van der Waals surface area contributed by atoms with Gasteiger partial charge in [0, 0.05) is 24.7 Å². The van der Waals surface area contributed by atoms with Gasteiger partial charge >= 0.3 is 0 Å². The lowest BCUT2D eigenvalue weighted by atomic mass is 9.74. The van der Waals surface area contributed by atoms with E-state index in [9.17, 15) is 0 Å². The van der Waals surface area contributed by atoms with Crippen molar-refractivity contribution in [2.24, 2.45) is 0 Å². The molecule has 0 amide bonds. The molecule has 1 aromatic carbocycles. The molecule has 1 heterocycles. The van der Waals surface area contributed by atoms with Gasteiger partial charge in [0.2, 0.25) is 0 Å². The highest BCUT2D eigenvalue weighted by molar-refractivity contribution is 5.82. The zero-order chi connectivity index (χ0) is 14.0. The summed E-state index contributed by atoms with van der Waals surface area (Å²) < 4.78 is 5.78. The van der Waals surface area contributed by atoms with Gasteiger partial charge in [-0.3, -0.25) is 4.98 Å². The van der Waals surface area contributed by atoms with Crippen molar-refractivity contribution in [2.75, 3.05) is 14.2 Å². The second-order valence-corrected chi connectivity index (χ2v) is 5.71. The Morgan fingerprint density at radius 2 is 2.10 bits per heavy atom. The molecule has 2 aromatic rings. The van der Waals surface area contributed by atoms with Crippen molar-refractivity contribution in [1.29, 1.82) is 0 Å². The van der Waals surface area contributed by atoms with Crippen molar-refractivity contribution in [1.82, 2.24) is 10.3 Å². The van der Waals surface area contributed by atoms with E-state index >= 15 is 0 Å². The van der Waals surface area contributed by atoms with E-state index in [1.165, 1.54) is 30.2 Å². The average Bonchev–Trinajstić information content (AvgIpc) is 2.47. The van der Waals surface area contributed by atoms with E-state index < -0.39 is 0 Å². The molecular formula is C17H22N2O. The van der Waals surface area contributed by atoms with Crippen LogP contribution in [0.25, 0.3) is 10.9 Å². The average molecular weight is 270 g/mol. The first-order valence-corrected chi connectivity index (χ1v) is 7.34. The van der Waals surface area contributed by atoms with Gasteiger partial charge in [-0.05, 0) is 44.4 Å². The van der Waals surface area contributed by atoms with E-state index in [0.717, 1.165) is 11.9 Å². The van der Waals surface area contributed by atoms with Crippen molar-refractivity contribution < 1.29 is 4.74 Å².